The Hall–Kier alpha value is -1.43. The van der Waals surface area contributed by atoms with Crippen LogP contribution in [0.3, 0.4) is 0 Å². The maximum absolute atomic E-state index is 11.9. The smallest absolute Gasteiger partial charge is 0.228 e. The fourth-order valence-corrected chi connectivity index (χ4v) is 2.78. The van der Waals surface area contributed by atoms with Crippen molar-refractivity contribution in [1.82, 2.24) is 15.0 Å². The lowest BCUT2D eigenvalue weighted by Crippen LogP contribution is -2.32. The van der Waals surface area contributed by atoms with Crippen LogP contribution in [0.2, 0.25) is 0 Å². The molecule has 0 unspecified atom stereocenters. The summed E-state index contributed by atoms with van der Waals surface area (Å²) in [4.78, 5) is 18.2. The third kappa shape index (κ3) is 3.17. The minimum absolute atomic E-state index is 0.256. The first kappa shape index (κ1) is 13.5. The summed E-state index contributed by atoms with van der Waals surface area (Å²) >= 11 is 0. The molecule has 2 fully saturated rings. The van der Waals surface area contributed by atoms with E-state index in [0.29, 0.717) is 31.9 Å². The first-order valence-electron chi connectivity index (χ1n) is 7.51. The lowest BCUT2D eigenvalue weighted by molar-refractivity contribution is -0.130. The highest BCUT2D eigenvalue weighted by Crippen LogP contribution is 2.22. The molecule has 0 radical (unpaired) electrons. The van der Waals surface area contributed by atoms with E-state index in [1.165, 1.54) is 0 Å². The maximum atomic E-state index is 11.9. The van der Waals surface area contributed by atoms with Crippen LogP contribution in [0.25, 0.3) is 0 Å². The molecule has 0 saturated carbocycles. The highest BCUT2D eigenvalue weighted by atomic mass is 16.5. The van der Waals surface area contributed by atoms with E-state index in [-0.39, 0.29) is 11.8 Å². The number of amides is 1. The molecule has 3 heterocycles. The highest BCUT2D eigenvalue weighted by Gasteiger charge is 2.23. The molecule has 110 valence electrons. The summed E-state index contributed by atoms with van der Waals surface area (Å²) in [5.74, 6) is 1.90. The molecular formula is C14H21N3O3. The van der Waals surface area contributed by atoms with Crippen LogP contribution < -0.4 is 0 Å². The molecule has 0 aliphatic carbocycles. The van der Waals surface area contributed by atoms with Gasteiger partial charge in [-0.25, -0.2) is 0 Å². The van der Waals surface area contributed by atoms with Gasteiger partial charge in [-0.2, -0.15) is 4.98 Å². The predicted molar refractivity (Wildman–Crippen MR) is 71.2 cm³/mol. The van der Waals surface area contributed by atoms with Crippen molar-refractivity contribution >= 4 is 5.91 Å². The Balaban J connectivity index is 1.53. The van der Waals surface area contributed by atoms with Gasteiger partial charge in [0.1, 0.15) is 0 Å². The Morgan fingerprint density at radius 3 is 3.10 bits per heavy atom. The van der Waals surface area contributed by atoms with Gasteiger partial charge in [-0.05, 0) is 19.3 Å². The average molecular weight is 279 g/mol. The highest BCUT2D eigenvalue weighted by molar-refractivity contribution is 5.76. The maximum Gasteiger partial charge on any atom is 0.228 e. The van der Waals surface area contributed by atoms with Gasteiger partial charge in [0.2, 0.25) is 11.8 Å². The Kier molecular flexibility index (Phi) is 4.30. The number of aromatic nitrogens is 2. The Morgan fingerprint density at radius 1 is 1.30 bits per heavy atom. The van der Waals surface area contributed by atoms with Gasteiger partial charge >= 0.3 is 0 Å². The first-order valence-corrected chi connectivity index (χ1v) is 7.51. The Bertz CT molecular complexity index is 454. The van der Waals surface area contributed by atoms with Crippen LogP contribution in [0.1, 0.15) is 49.7 Å². The van der Waals surface area contributed by atoms with Crippen LogP contribution in [0, 0.1) is 0 Å². The van der Waals surface area contributed by atoms with E-state index in [0.717, 1.165) is 44.7 Å². The van der Waals surface area contributed by atoms with Crippen molar-refractivity contribution in [3.63, 3.8) is 0 Å². The van der Waals surface area contributed by atoms with Gasteiger partial charge in [0, 0.05) is 38.5 Å². The van der Waals surface area contributed by atoms with Gasteiger partial charge < -0.3 is 14.2 Å². The summed E-state index contributed by atoms with van der Waals surface area (Å²) in [6.45, 7) is 3.00. The van der Waals surface area contributed by atoms with E-state index < -0.39 is 0 Å². The summed E-state index contributed by atoms with van der Waals surface area (Å²) in [5, 5.41) is 4.03. The molecule has 0 N–H and O–H groups in total. The number of nitrogens with zero attached hydrogens (tertiary/aromatic N) is 3. The molecule has 2 saturated heterocycles. The van der Waals surface area contributed by atoms with Crippen molar-refractivity contribution in [3.05, 3.63) is 11.7 Å². The Morgan fingerprint density at radius 2 is 2.25 bits per heavy atom. The molecule has 2 aliphatic heterocycles. The molecule has 0 aromatic carbocycles. The van der Waals surface area contributed by atoms with Gasteiger partial charge in [0.05, 0.1) is 6.61 Å². The third-order valence-electron chi connectivity index (χ3n) is 4.05. The molecule has 0 bridgehead atoms. The SMILES string of the molecule is O=C1CCCCCN1CCc1nc([C@H]2CCOC2)no1. The second-order valence-electron chi connectivity index (χ2n) is 5.55. The summed E-state index contributed by atoms with van der Waals surface area (Å²) in [6.07, 6.45) is 5.54. The largest absolute Gasteiger partial charge is 0.381 e. The standard InChI is InChI=1S/C14H21N3O3/c18-13-4-2-1-3-7-17(13)8-5-12-15-14(16-20-12)11-6-9-19-10-11/h11H,1-10H2/t11-/m0/s1. The number of rotatable bonds is 4. The Labute approximate surface area is 118 Å². The topological polar surface area (TPSA) is 68.5 Å². The first-order chi connectivity index (χ1) is 9.83. The van der Waals surface area contributed by atoms with Gasteiger partial charge in [-0.1, -0.05) is 11.6 Å². The zero-order valence-electron chi connectivity index (χ0n) is 11.7. The normalized spacial score (nSPS) is 24.1. The van der Waals surface area contributed by atoms with Crippen molar-refractivity contribution in [3.8, 4) is 0 Å². The molecule has 1 atom stereocenters. The van der Waals surface area contributed by atoms with Crippen LogP contribution in [-0.2, 0) is 16.0 Å². The number of carbonyl (C=O) groups excluding carboxylic acids is 1. The third-order valence-corrected chi connectivity index (χ3v) is 4.05. The van der Waals surface area contributed by atoms with Crippen molar-refractivity contribution in [1.29, 1.82) is 0 Å². The molecule has 20 heavy (non-hydrogen) atoms. The molecule has 0 spiro atoms. The second kappa shape index (κ2) is 6.35. The van der Waals surface area contributed by atoms with Crippen molar-refractivity contribution in [2.75, 3.05) is 26.3 Å². The van der Waals surface area contributed by atoms with Crippen LogP contribution in [0.4, 0.5) is 0 Å². The molecule has 3 rings (SSSR count). The van der Waals surface area contributed by atoms with E-state index in [9.17, 15) is 4.79 Å². The molecule has 6 nitrogen and oxygen atoms in total. The zero-order valence-corrected chi connectivity index (χ0v) is 11.7. The van der Waals surface area contributed by atoms with Crippen LogP contribution in [-0.4, -0.2) is 47.3 Å². The molecule has 2 aliphatic rings. The van der Waals surface area contributed by atoms with E-state index in [4.69, 9.17) is 9.26 Å². The fraction of sp³-hybridized carbons (Fsp3) is 0.786. The van der Waals surface area contributed by atoms with Crippen LogP contribution >= 0.6 is 0 Å². The lowest BCUT2D eigenvalue weighted by Gasteiger charge is -2.19. The van der Waals surface area contributed by atoms with E-state index >= 15 is 0 Å². The monoisotopic (exact) mass is 279 g/mol. The van der Waals surface area contributed by atoms with Gasteiger partial charge in [0.15, 0.2) is 5.82 Å². The van der Waals surface area contributed by atoms with Gasteiger partial charge in [-0.15, -0.1) is 0 Å². The number of likely N-dealkylation sites (tertiary alicyclic amines) is 1. The quantitative estimate of drug-likeness (QED) is 0.836. The summed E-state index contributed by atoms with van der Waals surface area (Å²) < 4.78 is 10.6. The number of hydrogen-bond donors (Lipinski definition) is 0. The zero-order chi connectivity index (χ0) is 13.8. The number of hydrogen-bond acceptors (Lipinski definition) is 5. The molecule has 1 aromatic heterocycles. The van der Waals surface area contributed by atoms with E-state index in [1.807, 2.05) is 4.90 Å². The minimum Gasteiger partial charge on any atom is -0.381 e. The fourth-order valence-electron chi connectivity index (χ4n) is 2.78. The molecule has 6 heteroatoms. The summed E-state index contributed by atoms with van der Waals surface area (Å²) in [7, 11) is 0. The van der Waals surface area contributed by atoms with Gasteiger partial charge in [-0.3, -0.25) is 4.79 Å². The van der Waals surface area contributed by atoms with Crippen molar-refractivity contribution in [2.24, 2.45) is 0 Å². The summed E-state index contributed by atoms with van der Waals surface area (Å²) in [5.41, 5.74) is 0. The van der Waals surface area contributed by atoms with E-state index in [1.54, 1.807) is 0 Å². The van der Waals surface area contributed by atoms with Crippen LogP contribution in [0.15, 0.2) is 4.52 Å². The predicted octanol–water partition coefficient (Wildman–Crippen LogP) is 1.52. The number of ether oxygens (including phenoxy) is 1. The van der Waals surface area contributed by atoms with Gasteiger partial charge in [0.25, 0.3) is 0 Å². The van der Waals surface area contributed by atoms with Crippen molar-refractivity contribution < 1.29 is 14.1 Å². The number of carbonyl (C=O) groups is 1. The molecular weight excluding hydrogens is 258 g/mol. The second-order valence-corrected chi connectivity index (χ2v) is 5.55. The van der Waals surface area contributed by atoms with E-state index in [2.05, 4.69) is 10.1 Å². The molecule has 1 aromatic rings. The summed E-state index contributed by atoms with van der Waals surface area (Å²) in [6, 6.07) is 0. The molecule has 1 amide bonds. The average Bonchev–Trinajstić information content (AvgIpc) is 3.08. The lowest BCUT2D eigenvalue weighted by atomic mass is 10.1. The van der Waals surface area contributed by atoms with Crippen LogP contribution in [0.5, 0.6) is 0 Å². The van der Waals surface area contributed by atoms with Crippen molar-refractivity contribution in [2.45, 2.75) is 44.4 Å². The minimum atomic E-state index is 0.256.